The first kappa shape index (κ1) is 25.9. The average Bonchev–Trinajstić information content (AvgIpc) is 2.61. The molecule has 0 unspecified atom stereocenters. The van der Waals surface area contributed by atoms with E-state index in [0.717, 1.165) is 24.0 Å². The van der Waals surface area contributed by atoms with E-state index in [2.05, 4.69) is 17.9 Å². The molecule has 144 valence electrons. The molecule has 27 heavy (non-hydrogen) atoms. The van der Waals surface area contributed by atoms with Gasteiger partial charge in [0.25, 0.3) is 0 Å². The van der Waals surface area contributed by atoms with E-state index >= 15 is 0 Å². The maximum Gasteiger partial charge on any atom is 0.328 e. The molecule has 0 aromatic heterocycles. The number of carboxylic acid groups (broad SMARTS) is 2. The smallest absolute Gasteiger partial charge is 0.328 e. The van der Waals surface area contributed by atoms with Crippen molar-refractivity contribution in [1.29, 1.82) is 0 Å². The molecule has 1 aromatic carbocycles. The van der Waals surface area contributed by atoms with E-state index in [9.17, 15) is 14.4 Å². The lowest BCUT2D eigenvalue weighted by Crippen LogP contribution is -1.96. The molecule has 0 radical (unpaired) electrons. The van der Waals surface area contributed by atoms with Gasteiger partial charge in [0.2, 0.25) is 0 Å². The molecule has 0 heterocycles. The first-order valence-corrected chi connectivity index (χ1v) is 7.84. The summed E-state index contributed by atoms with van der Waals surface area (Å²) in [4.78, 5) is 30.5. The summed E-state index contributed by atoms with van der Waals surface area (Å²) >= 11 is 4.76. The second kappa shape index (κ2) is 19.0. The van der Waals surface area contributed by atoms with Crippen molar-refractivity contribution in [2.24, 2.45) is 0 Å². The molecule has 0 spiro atoms. The number of hydrogen-bond donors (Lipinski definition) is 2. The normalized spacial score (nSPS) is 9.67. The van der Waals surface area contributed by atoms with Gasteiger partial charge in [-0.05, 0) is 11.1 Å². The zero-order chi connectivity index (χ0) is 20.9. The molecule has 6 nitrogen and oxygen atoms in total. The van der Waals surface area contributed by atoms with Crippen molar-refractivity contribution < 1.29 is 29.3 Å². The van der Waals surface area contributed by atoms with Crippen LogP contribution in [0.1, 0.15) is 12.0 Å². The molecule has 0 aliphatic heterocycles. The fourth-order valence-electron chi connectivity index (χ4n) is 1.27. The highest BCUT2D eigenvalue weighted by Crippen LogP contribution is 2.00. The molecular formula is C20H21ClO6. The van der Waals surface area contributed by atoms with Crippen molar-refractivity contribution in [3.63, 3.8) is 0 Å². The lowest BCUT2D eigenvalue weighted by atomic mass is 10.2. The Kier molecular flexibility index (Phi) is 18.1. The van der Waals surface area contributed by atoms with Gasteiger partial charge < -0.3 is 14.9 Å². The van der Waals surface area contributed by atoms with Crippen LogP contribution in [0.2, 0.25) is 0 Å². The Labute approximate surface area is 163 Å². The van der Waals surface area contributed by atoms with Crippen molar-refractivity contribution >= 4 is 35.6 Å². The lowest BCUT2D eigenvalue weighted by molar-refractivity contribution is -0.137. The molecule has 0 amide bonds. The van der Waals surface area contributed by atoms with Crippen LogP contribution in [-0.4, -0.2) is 28.1 Å². The van der Waals surface area contributed by atoms with Gasteiger partial charge in [-0.25, -0.2) is 9.59 Å². The molecule has 0 aliphatic carbocycles. The van der Waals surface area contributed by atoms with E-state index in [1.54, 1.807) is 6.08 Å². The number of aliphatic carboxylic acids is 2. The van der Waals surface area contributed by atoms with Gasteiger partial charge in [-0.3, -0.25) is 4.79 Å². The van der Waals surface area contributed by atoms with Crippen molar-refractivity contribution in [3.8, 4) is 0 Å². The number of carbonyl (C=O) groups excluding carboxylic acids is 1. The molecule has 0 fully saturated rings. The van der Waals surface area contributed by atoms with E-state index in [1.807, 2.05) is 36.4 Å². The van der Waals surface area contributed by atoms with Crippen molar-refractivity contribution in [2.75, 3.05) is 0 Å². The molecule has 0 saturated carbocycles. The first-order valence-electron chi connectivity index (χ1n) is 7.41. The van der Waals surface area contributed by atoms with Gasteiger partial charge in [0.1, 0.15) is 0 Å². The van der Waals surface area contributed by atoms with Crippen LogP contribution in [-0.2, 0) is 19.1 Å². The number of carboxylic acids is 2. The third kappa shape index (κ3) is 22.6. The fraction of sp³-hybridized carbons (Fsp3) is 0.0500. The third-order valence-corrected chi connectivity index (χ3v) is 2.20. The van der Waals surface area contributed by atoms with Crippen LogP contribution >= 0.6 is 11.6 Å². The van der Waals surface area contributed by atoms with Crippen LogP contribution in [0.4, 0.5) is 0 Å². The predicted octanol–water partition coefficient (Wildman–Crippen LogP) is 4.41. The highest BCUT2D eigenvalue weighted by molar-refractivity contribution is 6.25. The molecular weight excluding hydrogens is 372 g/mol. The maximum absolute atomic E-state index is 10.5. The largest absolute Gasteiger partial charge is 0.478 e. The summed E-state index contributed by atoms with van der Waals surface area (Å²) in [7, 11) is 0. The van der Waals surface area contributed by atoms with Gasteiger partial charge >= 0.3 is 17.9 Å². The van der Waals surface area contributed by atoms with Crippen molar-refractivity contribution in [3.05, 3.63) is 91.2 Å². The quantitative estimate of drug-likeness (QED) is 0.308. The summed E-state index contributed by atoms with van der Waals surface area (Å²) in [5, 5.41) is 16.4. The Morgan fingerprint density at radius 3 is 2.04 bits per heavy atom. The van der Waals surface area contributed by atoms with Crippen LogP contribution in [0.25, 0.3) is 6.08 Å². The van der Waals surface area contributed by atoms with Crippen molar-refractivity contribution in [2.45, 2.75) is 6.42 Å². The number of ether oxygens (including phenoxy) is 1. The van der Waals surface area contributed by atoms with Crippen LogP contribution in [0.3, 0.4) is 0 Å². The Hall–Kier alpha value is -3.38. The monoisotopic (exact) mass is 392 g/mol. The van der Waals surface area contributed by atoms with Crippen molar-refractivity contribution in [1.82, 2.24) is 0 Å². The van der Waals surface area contributed by atoms with Crippen LogP contribution in [0.15, 0.2) is 85.7 Å². The Morgan fingerprint density at radius 2 is 1.56 bits per heavy atom. The van der Waals surface area contributed by atoms with Gasteiger partial charge in [-0.1, -0.05) is 79.4 Å². The predicted molar refractivity (Wildman–Crippen MR) is 106 cm³/mol. The number of rotatable bonds is 7. The minimum Gasteiger partial charge on any atom is -0.478 e. The Morgan fingerprint density at radius 1 is 1.00 bits per heavy atom. The number of benzene rings is 1. The molecule has 0 bridgehead atoms. The molecule has 0 atom stereocenters. The number of halogens is 1. The molecule has 7 heteroatoms. The van der Waals surface area contributed by atoms with Gasteiger partial charge in [-0.2, -0.15) is 0 Å². The molecule has 0 saturated heterocycles. The average molecular weight is 393 g/mol. The number of hydrogen-bond acceptors (Lipinski definition) is 4. The van der Waals surface area contributed by atoms with E-state index in [1.165, 1.54) is 17.7 Å². The third-order valence-electron chi connectivity index (χ3n) is 2.20. The van der Waals surface area contributed by atoms with E-state index in [0.29, 0.717) is 0 Å². The summed E-state index contributed by atoms with van der Waals surface area (Å²) in [6.07, 6.45) is 9.16. The standard InChI is InChI=1S/C11H10O2.C7H8O4.C2H3Cl/c12-11(13)9-5-4-8-10-6-2-1-3-7-10;1-2-11-7(10)5-3-4-6(8)9;1-2-3/h1-9H,(H,12,13);2-4H,1,5H2,(H,8,9);2H,1H2. The van der Waals surface area contributed by atoms with Gasteiger partial charge in [0.05, 0.1) is 12.7 Å². The Balaban J connectivity index is 0. The molecule has 0 aliphatic rings. The second-order valence-corrected chi connectivity index (χ2v) is 4.53. The number of carbonyl (C=O) groups is 3. The summed E-state index contributed by atoms with van der Waals surface area (Å²) in [6, 6.07) is 9.70. The number of allylic oxidation sites excluding steroid dienone is 2. The van der Waals surface area contributed by atoms with Crippen LogP contribution < -0.4 is 0 Å². The van der Waals surface area contributed by atoms with E-state index in [-0.39, 0.29) is 6.42 Å². The van der Waals surface area contributed by atoms with Crippen LogP contribution in [0.5, 0.6) is 0 Å². The van der Waals surface area contributed by atoms with Gasteiger partial charge in [0, 0.05) is 12.2 Å². The summed E-state index contributed by atoms with van der Waals surface area (Å²) < 4.78 is 4.30. The van der Waals surface area contributed by atoms with Gasteiger partial charge in [0.15, 0.2) is 0 Å². The second-order valence-electron chi connectivity index (χ2n) is 4.22. The summed E-state index contributed by atoms with van der Waals surface area (Å²) in [6.45, 7) is 6.29. The minimum absolute atomic E-state index is 0.0572. The summed E-state index contributed by atoms with van der Waals surface area (Å²) in [5.74, 6) is -2.55. The zero-order valence-corrected chi connectivity index (χ0v) is 15.3. The van der Waals surface area contributed by atoms with Crippen LogP contribution in [0, 0.1) is 0 Å². The number of esters is 1. The molecule has 1 rings (SSSR count). The topological polar surface area (TPSA) is 101 Å². The lowest BCUT2D eigenvalue weighted by Gasteiger charge is -1.91. The maximum atomic E-state index is 10.5. The van der Waals surface area contributed by atoms with E-state index in [4.69, 9.17) is 21.8 Å². The first-order chi connectivity index (χ1) is 12.9. The molecule has 2 N–H and O–H groups in total. The SMILES string of the molecule is C=CCl.C=COC(=O)CC=CC(=O)O.O=C(O)C=CC=Cc1ccccc1. The zero-order valence-electron chi connectivity index (χ0n) is 14.5. The molecule has 1 aromatic rings. The fourth-order valence-corrected chi connectivity index (χ4v) is 1.27. The highest BCUT2D eigenvalue weighted by atomic mass is 35.5. The summed E-state index contributed by atoms with van der Waals surface area (Å²) in [5.41, 5.74) is 2.28. The minimum atomic E-state index is -1.09. The van der Waals surface area contributed by atoms with Gasteiger partial charge in [-0.15, -0.1) is 0 Å². The Bertz CT molecular complexity index is 675. The van der Waals surface area contributed by atoms with E-state index < -0.39 is 17.9 Å². The highest BCUT2D eigenvalue weighted by Gasteiger charge is 1.95.